The van der Waals surface area contributed by atoms with Gasteiger partial charge in [0.25, 0.3) is 0 Å². The molecule has 0 unspecified atom stereocenters. The van der Waals surface area contributed by atoms with E-state index in [1.54, 1.807) is 6.07 Å². The topological polar surface area (TPSA) is 29.9 Å². The number of nitrogens with one attached hydrogen (secondary N) is 1. The number of aryl methyl sites for hydroxylation is 1. The van der Waals surface area contributed by atoms with E-state index in [4.69, 9.17) is 23.2 Å². The SMILES string of the molecule is CCCn1cncc1CNc1ccc(Cl)cc1Cl. The lowest BCUT2D eigenvalue weighted by Crippen LogP contribution is -2.07. The maximum Gasteiger partial charge on any atom is 0.0948 e. The van der Waals surface area contributed by atoms with Gasteiger partial charge in [0.1, 0.15) is 0 Å². The van der Waals surface area contributed by atoms with Gasteiger partial charge in [-0.25, -0.2) is 4.98 Å². The third-order valence-corrected chi connectivity index (χ3v) is 3.20. The Morgan fingerprint density at radius 1 is 1.33 bits per heavy atom. The van der Waals surface area contributed by atoms with Crippen molar-refractivity contribution in [3.63, 3.8) is 0 Å². The summed E-state index contributed by atoms with van der Waals surface area (Å²) in [4.78, 5) is 4.16. The summed E-state index contributed by atoms with van der Waals surface area (Å²) in [5.74, 6) is 0. The van der Waals surface area contributed by atoms with Crippen molar-refractivity contribution in [1.29, 1.82) is 0 Å². The van der Waals surface area contributed by atoms with Gasteiger partial charge in [-0.15, -0.1) is 0 Å². The zero-order valence-corrected chi connectivity index (χ0v) is 11.7. The average Bonchev–Trinajstić information content (AvgIpc) is 2.76. The molecule has 0 fully saturated rings. The van der Waals surface area contributed by atoms with Crippen LogP contribution in [0.3, 0.4) is 0 Å². The molecule has 96 valence electrons. The van der Waals surface area contributed by atoms with Crippen LogP contribution in [0.2, 0.25) is 10.0 Å². The van der Waals surface area contributed by atoms with Crippen LogP contribution < -0.4 is 5.32 Å². The average molecular weight is 284 g/mol. The summed E-state index contributed by atoms with van der Waals surface area (Å²) in [5.41, 5.74) is 2.02. The molecular formula is C13H15Cl2N3. The molecule has 0 aliphatic rings. The van der Waals surface area contributed by atoms with Crippen molar-refractivity contribution in [3.05, 3.63) is 46.5 Å². The molecule has 1 heterocycles. The van der Waals surface area contributed by atoms with E-state index in [2.05, 4.69) is 21.8 Å². The summed E-state index contributed by atoms with van der Waals surface area (Å²) in [5, 5.41) is 4.56. The van der Waals surface area contributed by atoms with Gasteiger partial charge in [-0.05, 0) is 24.6 Å². The predicted octanol–water partition coefficient (Wildman–Crippen LogP) is 4.21. The third kappa shape index (κ3) is 3.18. The normalized spacial score (nSPS) is 10.6. The van der Waals surface area contributed by atoms with Crippen LogP contribution in [0.1, 0.15) is 19.0 Å². The van der Waals surface area contributed by atoms with Crippen LogP contribution in [0.4, 0.5) is 5.69 Å². The number of hydrogen-bond donors (Lipinski definition) is 1. The molecule has 0 spiro atoms. The quantitative estimate of drug-likeness (QED) is 0.891. The van der Waals surface area contributed by atoms with E-state index in [1.165, 1.54) is 0 Å². The van der Waals surface area contributed by atoms with E-state index in [-0.39, 0.29) is 0 Å². The Balaban J connectivity index is 2.04. The van der Waals surface area contributed by atoms with Gasteiger partial charge in [-0.3, -0.25) is 0 Å². The number of halogens is 2. The number of hydrogen-bond acceptors (Lipinski definition) is 2. The summed E-state index contributed by atoms with van der Waals surface area (Å²) < 4.78 is 2.14. The van der Waals surface area contributed by atoms with Crippen LogP contribution in [-0.4, -0.2) is 9.55 Å². The maximum absolute atomic E-state index is 6.10. The zero-order valence-electron chi connectivity index (χ0n) is 10.2. The van der Waals surface area contributed by atoms with E-state index >= 15 is 0 Å². The van der Waals surface area contributed by atoms with Crippen molar-refractivity contribution in [2.24, 2.45) is 0 Å². The fraction of sp³-hybridized carbons (Fsp3) is 0.308. The Bertz CT molecular complexity index is 523. The van der Waals surface area contributed by atoms with Gasteiger partial charge in [-0.2, -0.15) is 0 Å². The molecule has 2 aromatic rings. The smallest absolute Gasteiger partial charge is 0.0948 e. The molecule has 18 heavy (non-hydrogen) atoms. The van der Waals surface area contributed by atoms with Crippen LogP contribution in [0, 0.1) is 0 Å². The maximum atomic E-state index is 6.10. The molecule has 1 N–H and O–H groups in total. The van der Waals surface area contributed by atoms with Gasteiger partial charge in [0, 0.05) is 17.8 Å². The zero-order chi connectivity index (χ0) is 13.0. The van der Waals surface area contributed by atoms with Gasteiger partial charge in [-0.1, -0.05) is 30.1 Å². The van der Waals surface area contributed by atoms with E-state index in [1.807, 2.05) is 24.7 Å². The monoisotopic (exact) mass is 283 g/mol. The van der Waals surface area contributed by atoms with Gasteiger partial charge in [0.2, 0.25) is 0 Å². The van der Waals surface area contributed by atoms with Crippen LogP contribution in [0.15, 0.2) is 30.7 Å². The Hall–Kier alpha value is -1.19. The number of rotatable bonds is 5. The number of benzene rings is 1. The lowest BCUT2D eigenvalue weighted by molar-refractivity contribution is 0.651. The summed E-state index contributed by atoms with van der Waals surface area (Å²) in [7, 11) is 0. The Kier molecular flexibility index (Phi) is 4.50. The van der Waals surface area contributed by atoms with Crippen LogP contribution in [0.5, 0.6) is 0 Å². The van der Waals surface area contributed by atoms with Gasteiger partial charge >= 0.3 is 0 Å². The summed E-state index contributed by atoms with van der Waals surface area (Å²) in [6, 6.07) is 5.43. The van der Waals surface area contributed by atoms with Gasteiger partial charge < -0.3 is 9.88 Å². The Labute approximate surface area is 117 Å². The molecule has 1 aromatic heterocycles. The second-order valence-electron chi connectivity index (χ2n) is 4.06. The van der Waals surface area contributed by atoms with Crippen LogP contribution in [-0.2, 0) is 13.1 Å². The Morgan fingerprint density at radius 2 is 2.17 bits per heavy atom. The molecular weight excluding hydrogens is 269 g/mol. The molecule has 0 saturated carbocycles. The fourth-order valence-corrected chi connectivity index (χ4v) is 2.23. The highest BCUT2D eigenvalue weighted by molar-refractivity contribution is 6.36. The number of anilines is 1. The van der Waals surface area contributed by atoms with Crippen molar-refractivity contribution in [1.82, 2.24) is 9.55 Å². The fourth-order valence-electron chi connectivity index (χ4n) is 1.76. The molecule has 0 aliphatic carbocycles. The first-order valence-electron chi connectivity index (χ1n) is 5.88. The van der Waals surface area contributed by atoms with E-state index in [9.17, 15) is 0 Å². The Morgan fingerprint density at radius 3 is 2.89 bits per heavy atom. The molecule has 5 heteroatoms. The van der Waals surface area contributed by atoms with Gasteiger partial charge in [0.05, 0.1) is 29.3 Å². The van der Waals surface area contributed by atoms with Crippen molar-refractivity contribution < 1.29 is 0 Å². The van der Waals surface area contributed by atoms with Crippen LogP contribution in [0.25, 0.3) is 0 Å². The number of nitrogens with zero attached hydrogens (tertiary/aromatic N) is 2. The molecule has 2 rings (SSSR count). The molecule has 0 amide bonds. The minimum atomic E-state index is 0.629. The van der Waals surface area contributed by atoms with Crippen molar-refractivity contribution in [2.45, 2.75) is 26.4 Å². The van der Waals surface area contributed by atoms with E-state index in [0.717, 1.165) is 24.3 Å². The second kappa shape index (κ2) is 6.12. The predicted molar refractivity (Wildman–Crippen MR) is 76.3 cm³/mol. The highest BCUT2D eigenvalue weighted by atomic mass is 35.5. The standard InChI is InChI=1S/C13H15Cl2N3/c1-2-5-18-9-16-7-11(18)8-17-13-4-3-10(14)6-12(13)15/h3-4,6-7,9,17H,2,5,8H2,1H3. The lowest BCUT2D eigenvalue weighted by Gasteiger charge is -2.10. The third-order valence-electron chi connectivity index (χ3n) is 2.65. The molecule has 1 aromatic carbocycles. The summed E-state index contributed by atoms with van der Waals surface area (Å²) >= 11 is 12.0. The molecule has 0 saturated heterocycles. The first-order chi connectivity index (χ1) is 8.70. The first kappa shape index (κ1) is 13.2. The highest BCUT2D eigenvalue weighted by Crippen LogP contribution is 2.25. The van der Waals surface area contributed by atoms with Crippen molar-refractivity contribution >= 4 is 28.9 Å². The van der Waals surface area contributed by atoms with Crippen LogP contribution >= 0.6 is 23.2 Å². The molecule has 3 nitrogen and oxygen atoms in total. The highest BCUT2D eigenvalue weighted by Gasteiger charge is 2.04. The molecule has 0 aliphatic heterocycles. The first-order valence-corrected chi connectivity index (χ1v) is 6.64. The summed E-state index contributed by atoms with van der Waals surface area (Å²) in [6.07, 6.45) is 4.81. The molecule has 0 atom stereocenters. The summed E-state index contributed by atoms with van der Waals surface area (Å²) in [6.45, 7) is 3.82. The van der Waals surface area contributed by atoms with E-state index in [0.29, 0.717) is 16.6 Å². The second-order valence-corrected chi connectivity index (χ2v) is 4.90. The molecule has 0 bridgehead atoms. The lowest BCUT2D eigenvalue weighted by atomic mass is 10.3. The number of aromatic nitrogens is 2. The minimum Gasteiger partial charge on any atom is -0.378 e. The van der Waals surface area contributed by atoms with E-state index < -0.39 is 0 Å². The molecule has 0 radical (unpaired) electrons. The minimum absolute atomic E-state index is 0.629. The van der Waals surface area contributed by atoms with Crippen molar-refractivity contribution in [2.75, 3.05) is 5.32 Å². The van der Waals surface area contributed by atoms with Gasteiger partial charge in [0.15, 0.2) is 0 Å². The largest absolute Gasteiger partial charge is 0.378 e. The van der Waals surface area contributed by atoms with Crippen molar-refractivity contribution in [3.8, 4) is 0 Å². The number of imidazole rings is 1.